The van der Waals surface area contributed by atoms with Gasteiger partial charge in [0.25, 0.3) is 5.91 Å². The first-order chi connectivity index (χ1) is 11.2. The van der Waals surface area contributed by atoms with Gasteiger partial charge in [-0.2, -0.15) is 0 Å². The first-order valence-corrected chi connectivity index (χ1v) is 9.02. The van der Waals surface area contributed by atoms with Gasteiger partial charge in [0.2, 0.25) is 0 Å². The summed E-state index contributed by atoms with van der Waals surface area (Å²) in [6.07, 6.45) is 2.25. The van der Waals surface area contributed by atoms with Crippen molar-refractivity contribution < 1.29 is 4.79 Å². The molecule has 1 amide bonds. The Kier molecular flexibility index (Phi) is 3.69. The molecule has 3 aromatic rings. The van der Waals surface area contributed by atoms with Crippen LogP contribution in [-0.2, 0) is 6.54 Å². The van der Waals surface area contributed by atoms with Crippen molar-refractivity contribution in [1.29, 1.82) is 0 Å². The van der Waals surface area contributed by atoms with Crippen LogP contribution < -0.4 is 0 Å². The summed E-state index contributed by atoms with van der Waals surface area (Å²) in [5, 5.41) is 2.10. The summed E-state index contributed by atoms with van der Waals surface area (Å²) < 4.78 is 3.37. The minimum atomic E-state index is 0.179. The number of aromatic nitrogens is 1. The number of thiophene rings is 1. The maximum Gasteiger partial charge on any atom is 0.270 e. The Hall–Kier alpha value is -2.07. The topological polar surface area (TPSA) is 25.2 Å². The maximum atomic E-state index is 12.9. The predicted molar refractivity (Wildman–Crippen MR) is 95.2 cm³/mol. The lowest BCUT2D eigenvalue weighted by Gasteiger charge is -2.17. The minimum absolute atomic E-state index is 0.179. The second-order valence-corrected chi connectivity index (χ2v) is 7.22. The van der Waals surface area contributed by atoms with E-state index in [4.69, 9.17) is 0 Å². The molecule has 4 heteroatoms. The van der Waals surface area contributed by atoms with Gasteiger partial charge in [-0.3, -0.25) is 4.79 Å². The van der Waals surface area contributed by atoms with Gasteiger partial charge < -0.3 is 9.47 Å². The fourth-order valence-electron chi connectivity index (χ4n) is 3.28. The zero-order chi connectivity index (χ0) is 15.8. The van der Waals surface area contributed by atoms with Gasteiger partial charge in [-0.05, 0) is 42.8 Å². The maximum absolute atomic E-state index is 12.9. The van der Waals surface area contributed by atoms with Gasteiger partial charge in [-0.15, -0.1) is 11.3 Å². The van der Waals surface area contributed by atoms with Crippen molar-refractivity contribution in [3.05, 3.63) is 58.6 Å². The predicted octanol–water partition coefficient (Wildman–Crippen LogP) is 4.30. The number of amides is 1. The molecule has 0 saturated carbocycles. The van der Waals surface area contributed by atoms with E-state index < -0.39 is 0 Å². The summed E-state index contributed by atoms with van der Waals surface area (Å²) in [6.45, 7) is 4.62. The molecule has 0 spiro atoms. The molecule has 0 atom stereocenters. The zero-order valence-electron chi connectivity index (χ0n) is 13.3. The molecule has 0 aliphatic carbocycles. The third-order valence-electron chi connectivity index (χ3n) is 4.60. The summed E-state index contributed by atoms with van der Waals surface area (Å²) in [5.74, 6) is 0.179. The van der Waals surface area contributed by atoms with Gasteiger partial charge in [0.15, 0.2) is 0 Å². The van der Waals surface area contributed by atoms with Crippen LogP contribution in [0.4, 0.5) is 0 Å². The van der Waals surface area contributed by atoms with E-state index in [1.54, 1.807) is 11.3 Å². The number of nitrogens with zero attached hydrogens (tertiary/aromatic N) is 2. The van der Waals surface area contributed by atoms with E-state index in [1.807, 2.05) is 4.90 Å². The van der Waals surface area contributed by atoms with Crippen LogP contribution in [0.25, 0.3) is 10.2 Å². The number of aryl methyl sites for hydroxylation is 1. The summed E-state index contributed by atoms with van der Waals surface area (Å²) >= 11 is 1.70. The molecule has 1 aromatic carbocycles. The number of hydrogen-bond acceptors (Lipinski definition) is 2. The Morgan fingerprint density at radius 3 is 2.61 bits per heavy atom. The molecular formula is C19H20N2OS. The highest BCUT2D eigenvalue weighted by Crippen LogP contribution is 2.28. The van der Waals surface area contributed by atoms with Crippen LogP contribution in [0.5, 0.6) is 0 Å². The van der Waals surface area contributed by atoms with Crippen LogP contribution in [0, 0.1) is 6.92 Å². The Morgan fingerprint density at radius 2 is 1.87 bits per heavy atom. The van der Waals surface area contributed by atoms with Gasteiger partial charge >= 0.3 is 0 Å². The van der Waals surface area contributed by atoms with Crippen LogP contribution in [0.15, 0.2) is 41.8 Å². The highest BCUT2D eigenvalue weighted by atomic mass is 32.1. The van der Waals surface area contributed by atoms with Gasteiger partial charge in [0.05, 0.1) is 10.2 Å². The normalized spacial score (nSPS) is 14.7. The molecule has 0 radical (unpaired) electrons. The van der Waals surface area contributed by atoms with Crippen LogP contribution in [0.3, 0.4) is 0 Å². The average Bonchev–Trinajstić information content (AvgIpc) is 3.27. The van der Waals surface area contributed by atoms with E-state index in [2.05, 4.69) is 53.3 Å². The van der Waals surface area contributed by atoms with Gasteiger partial charge in [0, 0.05) is 19.6 Å². The lowest BCUT2D eigenvalue weighted by atomic mass is 10.1. The number of rotatable bonds is 3. The van der Waals surface area contributed by atoms with Gasteiger partial charge in [0.1, 0.15) is 5.69 Å². The van der Waals surface area contributed by atoms with E-state index in [-0.39, 0.29) is 5.91 Å². The van der Waals surface area contributed by atoms with Crippen molar-refractivity contribution in [2.24, 2.45) is 0 Å². The third kappa shape index (κ3) is 2.68. The Labute approximate surface area is 140 Å². The molecule has 23 heavy (non-hydrogen) atoms. The number of fused-ring (bicyclic) bond motifs is 1. The standard InChI is InChI=1S/C19H20N2OS/c1-14-4-6-15(7-5-14)13-21-16-8-11-23-18(16)12-17(21)19(22)20-9-2-3-10-20/h4-8,11-12H,2-3,9-10,13H2,1H3. The number of carbonyl (C=O) groups excluding carboxylic acids is 1. The van der Waals surface area contributed by atoms with Crippen molar-refractivity contribution >= 4 is 27.5 Å². The van der Waals surface area contributed by atoms with E-state index in [1.165, 1.54) is 15.8 Å². The van der Waals surface area contributed by atoms with Gasteiger partial charge in [-0.25, -0.2) is 0 Å². The summed E-state index contributed by atoms with van der Waals surface area (Å²) in [6, 6.07) is 12.7. The summed E-state index contributed by atoms with van der Waals surface area (Å²) in [4.78, 5) is 14.9. The smallest absolute Gasteiger partial charge is 0.270 e. The largest absolute Gasteiger partial charge is 0.337 e. The van der Waals surface area contributed by atoms with Crippen molar-refractivity contribution in [2.75, 3.05) is 13.1 Å². The Balaban J connectivity index is 1.73. The lowest BCUT2D eigenvalue weighted by Crippen LogP contribution is -2.29. The molecule has 1 aliphatic rings. The van der Waals surface area contributed by atoms with E-state index in [0.29, 0.717) is 0 Å². The number of benzene rings is 1. The first-order valence-electron chi connectivity index (χ1n) is 8.14. The molecule has 3 heterocycles. The average molecular weight is 324 g/mol. The SMILES string of the molecule is Cc1ccc(Cn2c(C(=O)N3CCCC3)cc3sccc32)cc1. The van der Waals surface area contributed by atoms with Crippen LogP contribution in [0.1, 0.15) is 34.5 Å². The van der Waals surface area contributed by atoms with E-state index >= 15 is 0 Å². The number of carbonyl (C=O) groups is 1. The first kappa shape index (κ1) is 14.5. The molecule has 4 rings (SSSR count). The van der Waals surface area contributed by atoms with E-state index in [9.17, 15) is 4.79 Å². The zero-order valence-corrected chi connectivity index (χ0v) is 14.1. The molecule has 3 nitrogen and oxygen atoms in total. The summed E-state index contributed by atoms with van der Waals surface area (Å²) in [5.41, 5.74) is 4.48. The minimum Gasteiger partial charge on any atom is -0.337 e. The van der Waals surface area contributed by atoms with Crippen molar-refractivity contribution in [2.45, 2.75) is 26.3 Å². The number of likely N-dealkylation sites (tertiary alicyclic amines) is 1. The molecule has 0 bridgehead atoms. The van der Waals surface area contributed by atoms with Crippen LogP contribution >= 0.6 is 11.3 Å². The lowest BCUT2D eigenvalue weighted by molar-refractivity contribution is 0.0783. The molecule has 1 fully saturated rings. The monoisotopic (exact) mass is 324 g/mol. The summed E-state index contributed by atoms with van der Waals surface area (Å²) in [7, 11) is 0. The fourth-order valence-corrected chi connectivity index (χ4v) is 4.11. The van der Waals surface area contributed by atoms with Crippen LogP contribution in [-0.4, -0.2) is 28.5 Å². The Morgan fingerprint density at radius 1 is 1.13 bits per heavy atom. The number of hydrogen-bond donors (Lipinski definition) is 0. The second kappa shape index (κ2) is 5.85. The van der Waals surface area contributed by atoms with Crippen molar-refractivity contribution in [3.63, 3.8) is 0 Å². The molecule has 0 N–H and O–H groups in total. The quantitative estimate of drug-likeness (QED) is 0.705. The van der Waals surface area contributed by atoms with Crippen LogP contribution in [0.2, 0.25) is 0 Å². The highest BCUT2D eigenvalue weighted by Gasteiger charge is 2.24. The fraction of sp³-hybridized carbons (Fsp3) is 0.316. The molecule has 2 aromatic heterocycles. The molecular weight excluding hydrogens is 304 g/mol. The van der Waals surface area contributed by atoms with Gasteiger partial charge in [-0.1, -0.05) is 29.8 Å². The molecule has 1 saturated heterocycles. The molecule has 0 unspecified atom stereocenters. The third-order valence-corrected chi connectivity index (χ3v) is 5.45. The second-order valence-electron chi connectivity index (χ2n) is 6.27. The molecule has 1 aliphatic heterocycles. The van der Waals surface area contributed by atoms with Crippen molar-refractivity contribution in [1.82, 2.24) is 9.47 Å². The van der Waals surface area contributed by atoms with Crippen molar-refractivity contribution in [3.8, 4) is 0 Å². The van der Waals surface area contributed by atoms with E-state index in [0.717, 1.165) is 43.7 Å². The molecule has 118 valence electrons. The Bertz CT molecular complexity index is 838. The highest BCUT2D eigenvalue weighted by molar-refractivity contribution is 7.17.